The van der Waals surface area contributed by atoms with Gasteiger partial charge in [0.1, 0.15) is 0 Å². The number of para-hydroxylation sites is 1. The van der Waals surface area contributed by atoms with Crippen LogP contribution in [-0.4, -0.2) is 29.0 Å². The Kier molecular flexibility index (Phi) is 3.79. The lowest BCUT2D eigenvalue weighted by Crippen LogP contribution is -2.42. The van der Waals surface area contributed by atoms with Crippen LogP contribution in [0.2, 0.25) is 5.02 Å². The Balaban J connectivity index is 2.94. The van der Waals surface area contributed by atoms with Gasteiger partial charge < -0.3 is 21.3 Å². The Morgan fingerprint density at radius 3 is 2.53 bits per heavy atom. The summed E-state index contributed by atoms with van der Waals surface area (Å²) in [4.78, 5) is 0. The Morgan fingerprint density at radius 1 is 1.40 bits per heavy atom. The number of nitrogens with two attached hydrogens (primary N) is 1. The largest absolute Gasteiger partial charge is 0.396 e. The molecule has 0 bridgehead atoms. The number of aliphatic hydroxyl groups excluding tert-OH is 2. The van der Waals surface area contributed by atoms with Crippen LogP contribution in [-0.2, 0) is 0 Å². The third-order valence-corrected chi connectivity index (χ3v) is 2.52. The monoisotopic (exact) mass is 230 g/mol. The Bertz CT molecular complexity index is 340. The second-order valence-electron chi connectivity index (χ2n) is 3.70. The van der Waals surface area contributed by atoms with Crippen LogP contribution in [0.1, 0.15) is 6.92 Å². The summed E-state index contributed by atoms with van der Waals surface area (Å²) in [5, 5.41) is 21.6. The minimum absolute atomic E-state index is 0.199. The third kappa shape index (κ3) is 2.75. The summed E-state index contributed by atoms with van der Waals surface area (Å²) in [5.74, 6) is 0. The van der Waals surface area contributed by atoms with Crippen LogP contribution < -0.4 is 11.1 Å². The first kappa shape index (κ1) is 12.1. The molecule has 0 aromatic heterocycles. The summed E-state index contributed by atoms with van der Waals surface area (Å²) in [5.41, 5.74) is 5.95. The summed E-state index contributed by atoms with van der Waals surface area (Å²) in [6, 6.07) is 5.16. The minimum atomic E-state index is -0.807. The van der Waals surface area contributed by atoms with Crippen LogP contribution in [0.25, 0.3) is 0 Å². The Labute approximate surface area is 93.7 Å². The van der Waals surface area contributed by atoms with E-state index in [1.165, 1.54) is 0 Å². The summed E-state index contributed by atoms with van der Waals surface area (Å²) >= 11 is 5.84. The Hall–Kier alpha value is -0.970. The third-order valence-electron chi connectivity index (χ3n) is 2.19. The van der Waals surface area contributed by atoms with E-state index in [4.69, 9.17) is 27.5 Å². The molecule has 1 aromatic carbocycles. The molecule has 0 aliphatic carbocycles. The van der Waals surface area contributed by atoms with Gasteiger partial charge in [0.25, 0.3) is 0 Å². The van der Waals surface area contributed by atoms with Crippen molar-refractivity contribution in [2.24, 2.45) is 0 Å². The molecule has 84 valence electrons. The van der Waals surface area contributed by atoms with E-state index >= 15 is 0 Å². The number of hydrogen-bond acceptors (Lipinski definition) is 4. The van der Waals surface area contributed by atoms with E-state index in [1.54, 1.807) is 25.1 Å². The molecule has 0 unspecified atom stereocenters. The summed E-state index contributed by atoms with van der Waals surface area (Å²) in [7, 11) is 0. The van der Waals surface area contributed by atoms with Crippen molar-refractivity contribution in [2.75, 3.05) is 24.3 Å². The maximum absolute atomic E-state index is 9.11. The summed E-state index contributed by atoms with van der Waals surface area (Å²) in [6.45, 7) is 1.29. The fraction of sp³-hybridized carbons (Fsp3) is 0.400. The van der Waals surface area contributed by atoms with E-state index in [0.717, 1.165) is 0 Å². The van der Waals surface area contributed by atoms with Crippen molar-refractivity contribution in [3.63, 3.8) is 0 Å². The van der Waals surface area contributed by atoms with Crippen LogP contribution in [0.5, 0.6) is 0 Å². The van der Waals surface area contributed by atoms with Crippen molar-refractivity contribution in [3.05, 3.63) is 23.2 Å². The maximum atomic E-state index is 9.11. The average molecular weight is 231 g/mol. The molecular formula is C10H15ClN2O2. The lowest BCUT2D eigenvalue weighted by atomic mass is 10.0. The van der Waals surface area contributed by atoms with Crippen molar-refractivity contribution in [1.29, 1.82) is 0 Å². The van der Waals surface area contributed by atoms with Crippen LogP contribution in [0.4, 0.5) is 11.4 Å². The van der Waals surface area contributed by atoms with Crippen molar-refractivity contribution in [2.45, 2.75) is 12.5 Å². The molecule has 5 heteroatoms. The number of aliphatic hydroxyl groups is 2. The molecule has 0 amide bonds. The van der Waals surface area contributed by atoms with Gasteiger partial charge in [-0.15, -0.1) is 0 Å². The van der Waals surface area contributed by atoms with E-state index in [-0.39, 0.29) is 13.2 Å². The van der Waals surface area contributed by atoms with E-state index in [0.29, 0.717) is 16.4 Å². The number of hydrogen-bond donors (Lipinski definition) is 4. The molecule has 0 spiro atoms. The van der Waals surface area contributed by atoms with E-state index in [9.17, 15) is 0 Å². The van der Waals surface area contributed by atoms with Crippen molar-refractivity contribution in [3.8, 4) is 0 Å². The van der Waals surface area contributed by atoms with Gasteiger partial charge in [0.05, 0.1) is 35.2 Å². The van der Waals surface area contributed by atoms with Gasteiger partial charge >= 0.3 is 0 Å². The van der Waals surface area contributed by atoms with Gasteiger partial charge in [-0.2, -0.15) is 0 Å². The van der Waals surface area contributed by atoms with E-state index < -0.39 is 5.54 Å². The highest BCUT2D eigenvalue weighted by Crippen LogP contribution is 2.28. The summed E-state index contributed by atoms with van der Waals surface area (Å²) in [6.07, 6.45) is 0. The molecule has 0 radical (unpaired) electrons. The first-order valence-corrected chi connectivity index (χ1v) is 4.94. The fourth-order valence-electron chi connectivity index (χ4n) is 1.10. The van der Waals surface area contributed by atoms with Crippen LogP contribution in [0, 0.1) is 0 Å². The molecule has 15 heavy (non-hydrogen) atoms. The van der Waals surface area contributed by atoms with Crippen molar-refractivity contribution in [1.82, 2.24) is 0 Å². The molecule has 5 N–H and O–H groups in total. The standard InChI is InChI=1S/C10H15ClN2O2/c1-10(5-14,6-15)13-8-4-2-3-7(11)9(8)12/h2-4,13-15H,5-6,12H2,1H3. The molecular weight excluding hydrogens is 216 g/mol. The number of halogens is 1. The van der Waals surface area contributed by atoms with E-state index in [1.807, 2.05) is 0 Å². The number of nitrogen functional groups attached to an aromatic ring is 1. The van der Waals surface area contributed by atoms with Gasteiger partial charge in [0, 0.05) is 0 Å². The first-order chi connectivity index (χ1) is 7.02. The second kappa shape index (κ2) is 4.70. The normalized spacial score (nSPS) is 11.5. The van der Waals surface area contributed by atoms with Gasteiger partial charge in [-0.05, 0) is 19.1 Å². The van der Waals surface area contributed by atoms with Gasteiger partial charge in [0.2, 0.25) is 0 Å². The number of nitrogens with one attached hydrogen (secondary N) is 1. The highest BCUT2D eigenvalue weighted by molar-refractivity contribution is 6.33. The SMILES string of the molecule is CC(CO)(CO)Nc1cccc(Cl)c1N. The fourth-order valence-corrected chi connectivity index (χ4v) is 1.27. The van der Waals surface area contributed by atoms with Gasteiger partial charge in [-0.1, -0.05) is 17.7 Å². The minimum Gasteiger partial charge on any atom is -0.396 e. The smallest absolute Gasteiger partial charge is 0.0807 e. The Morgan fingerprint density at radius 2 is 2.00 bits per heavy atom. The molecule has 1 rings (SSSR count). The zero-order valence-electron chi connectivity index (χ0n) is 8.50. The van der Waals surface area contributed by atoms with Gasteiger partial charge in [-0.25, -0.2) is 0 Å². The molecule has 1 aromatic rings. The maximum Gasteiger partial charge on any atom is 0.0807 e. The van der Waals surface area contributed by atoms with Crippen LogP contribution in [0.3, 0.4) is 0 Å². The highest BCUT2D eigenvalue weighted by Gasteiger charge is 2.22. The predicted molar refractivity (Wildman–Crippen MR) is 62.1 cm³/mol. The second-order valence-corrected chi connectivity index (χ2v) is 4.11. The van der Waals surface area contributed by atoms with Crippen molar-refractivity contribution >= 4 is 23.0 Å². The molecule has 0 saturated carbocycles. The summed E-state index contributed by atoms with van der Waals surface area (Å²) < 4.78 is 0. The van der Waals surface area contributed by atoms with Gasteiger partial charge in [-0.3, -0.25) is 0 Å². The zero-order valence-corrected chi connectivity index (χ0v) is 9.25. The lowest BCUT2D eigenvalue weighted by molar-refractivity contribution is 0.147. The zero-order chi connectivity index (χ0) is 11.5. The number of anilines is 2. The molecule has 0 aliphatic rings. The first-order valence-electron chi connectivity index (χ1n) is 4.56. The predicted octanol–water partition coefficient (Wildman–Crippen LogP) is 1.08. The molecule has 4 nitrogen and oxygen atoms in total. The number of benzene rings is 1. The lowest BCUT2D eigenvalue weighted by Gasteiger charge is -2.28. The quantitative estimate of drug-likeness (QED) is 0.584. The van der Waals surface area contributed by atoms with Gasteiger partial charge in [0.15, 0.2) is 0 Å². The topological polar surface area (TPSA) is 78.5 Å². The number of rotatable bonds is 4. The molecule has 0 heterocycles. The van der Waals surface area contributed by atoms with E-state index in [2.05, 4.69) is 5.32 Å². The van der Waals surface area contributed by atoms with Crippen LogP contribution in [0.15, 0.2) is 18.2 Å². The van der Waals surface area contributed by atoms with Crippen molar-refractivity contribution < 1.29 is 10.2 Å². The van der Waals surface area contributed by atoms with Crippen LogP contribution >= 0.6 is 11.6 Å². The molecule has 0 fully saturated rings. The molecule has 0 saturated heterocycles. The highest BCUT2D eigenvalue weighted by atomic mass is 35.5. The molecule has 0 aliphatic heterocycles. The average Bonchev–Trinajstić information content (AvgIpc) is 2.25. The molecule has 0 atom stereocenters.